The minimum absolute atomic E-state index is 0.113. The number of hydrogen-bond donors (Lipinski definition) is 1. The summed E-state index contributed by atoms with van der Waals surface area (Å²) in [6.07, 6.45) is 0.344. The molecule has 2 aromatic rings. The molecule has 1 amide bonds. The van der Waals surface area contributed by atoms with Crippen LogP contribution in [0, 0.1) is 11.3 Å². The van der Waals surface area contributed by atoms with E-state index in [9.17, 15) is 4.79 Å². The first-order chi connectivity index (χ1) is 15.7. The molecule has 0 radical (unpaired) electrons. The predicted molar refractivity (Wildman–Crippen MR) is 116 cm³/mol. The summed E-state index contributed by atoms with van der Waals surface area (Å²) < 4.78 is 17.1. The van der Waals surface area contributed by atoms with Gasteiger partial charge in [0.05, 0.1) is 23.8 Å². The van der Waals surface area contributed by atoms with E-state index >= 15 is 0 Å². The highest BCUT2D eigenvalue weighted by Gasteiger charge is 2.34. The lowest BCUT2D eigenvalue weighted by Crippen LogP contribution is -2.59. The van der Waals surface area contributed by atoms with Crippen LogP contribution in [0.1, 0.15) is 21.5 Å². The molecule has 0 saturated carbocycles. The summed E-state index contributed by atoms with van der Waals surface area (Å²) in [4.78, 5) is 17.1. The minimum Gasteiger partial charge on any atom is -0.454 e. The molecule has 2 unspecified atom stereocenters. The number of nitriles is 1. The molecule has 2 saturated heterocycles. The van der Waals surface area contributed by atoms with Crippen molar-refractivity contribution in [3.63, 3.8) is 0 Å². The summed E-state index contributed by atoms with van der Waals surface area (Å²) in [7, 11) is 0. The molecule has 0 aliphatic carbocycles. The predicted octanol–water partition coefficient (Wildman–Crippen LogP) is 1.60. The van der Waals surface area contributed by atoms with E-state index in [4.69, 9.17) is 19.5 Å². The molecule has 2 fully saturated rings. The third-order valence-corrected chi connectivity index (χ3v) is 6.07. The largest absolute Gasteiger partial charge is 0.454 e. The van der Waals surface area contributed by atoms with E-state index < -0.39 is 0 Å². The van der Waals surface area contributed by atoms with Gasteiger partial charge in [-0.15, -0.1) is 0 Å². The van der Waals surface area contributed by atoms with Crippen LogP contribution in [0.3, 0.4) is 0 Å². The Hall–Kier alpha value is -3.12. The van der Waals surface area contributed by atoms with Gasteiger partial charge in [-0.25, -0.2) is 0 Å². The quantitative estimate of drug-likeness (QED) is 0.739. The normalized spacial score (nSPS) is 22.3. The second-order valence-corrected chi connectivity index (χ2v) is 8.47. The second kappa shape index (κ2) is 9.17. The maximum Gasteiger partial charge on any atom is 0.251 e. The molecule has 8 nitrogen and oxygen atoms in total. The van der Waals surface area contributed by atoms with Crippen LogP contribution in [0.4, 0.5) is 0 Å². The molecule has 1 N–H and O–H groups in total. The molecule has 3 heterocycles. The van der Waals surface area contributed by atoms with Gasteiger partial charge in [0, 0.05) is 51.4 Å². The van der Waals surface area contributed by atoms with Crippen molar-refractivity contribution in [3.8, 4) is 17.6 Å². The highest BCUT2D eigenvalue weighted by molar-refractivity contribution is 5.94. The van der Waals surface area contributed by atoms with E-state index in [2.05, 4.69) is 33.3 Å². The average molecular weight is 434 g/mol. The molecule has 8 heteroatoms. The van der Waals surface area contributed by atoms with Crippen molar-refractivity contribution in [2.45, 2.75) is 18.8 Å². The van der Waals surface area contributed by atoms with Gasteiger partial charge in [0.1, 0.15) is 0 Å². The summed E-state index contributed by atoms with van der Waals surface area (Å²) in [6.45, 7) is 6.04. The van der Waals surface area contributed by atoms with Crippen molar-refractivity contribution in [3.05, 3.63) is 59.2 Å². The lowest BCUT2D eigenvalue weighted by atomic mass is 10.1. The number of rotatable bonds is 6. The monoisotopic (exact) mass is 434 g/mol. The molecule has 3 aliphatic heterocycles. The number of carbonyl (C=O) groups excluding carboxylic acids is 1. The van der Waals surface area contributed by atoms with Gasteiger partial charge in [-0.05, 0) is 42.0 Å². The van der Waals surface area contributed by atoms with Gasteiger partial charge in [-0.3, -0.25) is 14.6 Å². The van der Waals surface area contributed by atoms with Gasteiger partial charge in [0.25, 0.3) is 5.91 Å². The van der Waals surface area contributed by atoms with Crippen molar-refractivity contribution in [2.24, 2.45) is 0 Å². The molecule has 2 atom stereocenters. The van der Waals surface area contributed by atoms with Crippen LogP contribution in [-0.4, -0.2) is 74.0 Å². The summed E-state index contributed by atoms with van der Waals surface area (Å²) in [6, 6.07) is 14.9. The number of fused-ring (bicyclic) bond motifs is 3. The number of morpholine rings is 2. The van der Waals surface area contributed by atoms with Crippen molar-refractivity contribution in [1.29, 1.82) is 5.26 Å². The van der Waals surface area contributed by atoms with E-state index in [0.29, 0.717) is 24.5 Å². The van der Waals surface area contributed by atoms with Crippen LogP contribution in [0.5, 0.6) is 11.5 Å². The Balaban J connectivity index is 1.08. The van der Waals surface area contributed by atoms with E-state index in [1.54, 1.807) is 24.3 Å². The first-order valence-corrected chi connectivity index (χ1v) is 10.9. The van der Waals surface area contributed by atoms with Gasteiger partial charge in [0.15, 0.2) is 11.5 Å². The topological polar surface area (TPSA) is 87.1 Å². The SMILES string of the molecule is N#Cc1ccc(C(=O)NCCN2CC3CN(Cc4ccc5c(c4)OCO5)CC(C2)O3)cc1. The highest BCUT2D eigenvalue weighted by Crippen LogP contribution is 2.33. The fraction of sp³-hybridized carbons (Fsp3) is 0.417. The molecular weight excluding hydrogens is 408 g/mol. The summed E-state index contributed by atoms with van der Waals surface area (Å²) in [5, 5.41) is 11.8. The highest BCUT2D eigenvalue weighted by atomic mass is 16.7. The Kier molecular flexibility index (Phi) is 5.95. The van der Waals surface area contributed by atoms with Crippen molar-refractivity contribution in [2.75, 3.05) is 46.1 Å². The minimum atomic E-state index is -0.113. The van der Waals surface area contributed by atoms with Crippen LogP contribution in [0.25, 0.3) is 0 Å². The Morgan fingerprint density at radius 2 is 1.72 bits per heavy atom. The smallest absolute Gasteiger partial charge is 0.251 e. The van der Waals surface area contributed by atoms with Crippen molar-refractivity contribution >= 4 is 5.91 Å². The van der Waals surface area contributed by atoms with Crippen molar-refractivity contribution in [1.82, 2.24) is 15.1 Å². The third kappa shape index (κ3) is 4.70. The van der Waals surface area contributed by atoms with Crippen LogP contribution in [0.15, 0.2) is 42.5 Å². The Morgan fingerprint density at radius 3 is 2.47 bits per heavy atom. The fourth-order valence-corrected chi connectivity index (χ4v) is 4.60. The maximum atomic E-state index is 12.3. The lowest BCUT2D eigenvalue weighted by Gasteiger charge is -2.46. The Labute approximate surface area is 187 Å². The van der Waals surface area contributed by atoms with Gasteiger partial charge in [-0.1, -0.05) is 6.07 Å². The zero-order valence-electron chi connectivity index (χ0n) is 17.8. The van der Waals surface area contributed by atoms with Crippen LogP contribution in [0.2, 0.25) is 0 Å². The van der Waals surface area contributed by atoms with E-state index in [1.165, 1.54) is 5.56 Å². The molecule has 3 aliphatic rings. The van der Waals surface area contributed by atoms with E-state index in [1.807, 2.05) is 6.07 Å². The number of ether oxygens (including phenoxy) is 3. The number of hydrogen-bond acceptors (Lipinski definition) is 7. The van der Waals surface area contributed by atoms with Crippen LogP contribution < -0.4 is 14.8 Å². The molecule has 32 heavy (non-hydrogen) atoms. The first-order valence-electron chi connectivity index (χ1n) is 10.9. The second-order valence-electron chi connectivity index (χ2n) is 8.47. The third-order valence-electron chi connectivity index (χ3n) is 6.07. The maximum absolute atomic E-state index is 12.3. The molecule has 0 spiro atoms. The molecule has 2 aromatic carbocycles. The number of amides is 1. The van der Waals surface area contributed by atoms with Crippen LogP contribution in [-0.2, 0) is 11.3 Å². The summed E-state index contributed by atoms with van der Waals surface area (Å²) in [5.74, 6) is 1.53. The summed E-state index contributed by atoms with van der Waals surface area (Å²) in [5.41, 5.74) is 2.34. The van der Waals surface area contributed by atoms with Gasteiger partial charge in [0.2, 0.25) is 6.79 Å². The lowest BCUT2D eigenvalue weighted by molar-refractivity contribution is -0.139. The molecule has 5 rings (SSSR count). The van der Waals surface area contributed by atoms with E-state index in [0.717, 1.165) is 50.8 Å². The molecule has 0 aromatic heterocycles. The zero-order valence-corrected chi connectivity index (χ0v) is 17.8. The average Bonchev–Trinajstić information content (AvgIpc) is 3.26. The molecular formula is C24H26N4O4. The number of nitrogens with one attached hydrogen (secondary N) is 1. The van der Waals surface area contributed by atoms with Gasteiger partial charge < -0.3 is 19.5 Å². The number of nitrogens with zero attached hydrogens (tertiary/aromatic N) is 3. The fourth-order valence-electron chi connectivity index (χ4n) is 4.60. The Bertz CT molecular complexity index is 1010. The summed E-state index contributed by atoms with van der Waals surface area (Å²) >= 11 is 0. The van der Waals surface area contributed by atoms with Crippen molar-refractivity contribution < 1.29 is 19.0 Å². The Morgan fingerprint density at radius 1 is 1.00 bits per heavy atom. The standard InChI is InChI=1S/C24H26N4O4/c25-10-17-1-4-19(5-2-17)24(29)26-7-8-27-12-20-14-28(15-21(13-27)32-20)11-18-3-6-22-23(9-18)31-16-30-22/h1-6,9,20-21H,7-8,11-16H2,(H,26,29). The first kappa shape index (κ1) is 20.8. The molecule has 166 valence electrons. The van der Waals surface area contributed by atoms with E-state index in [-0.39, 0.29) is 18.1 Å². The number of carbonyl (C=O) groups is 1. The van der Waals surface area contributed by atoms with Crippen LogP contribution >= 0.6 is 0 Å². The molecule has 2 bridgehead atoms. The zero-order chi connectivity index (χ0) is 21.9. The van der Waals surface area contributed by atoms with Gasteiger partial charge >= 0.3 is 0 Å². The van der Waals surface area contributed by atoms with Gasteiger partial charge in [-0.2, -0.15) is 5.26 Å². The number of benzene rings is 2.